The summed E-state index contributed by atoms with van der Waals surface area (Å²) in [5, 5.41) is 6.06. The van der Waals surface area contributed by atoms with E-state index in [0.29, 0.717) is 5.69 Å². The zero-order valence-electron chi connectivity index (χ0n) is 13.2. The van der Waals surface area contributed by atoms with Crippen LogP contribution >= 0.6 is 0 Å². The van der Waals surface area contributed by atoms with Crippen LogP contribution in [-0.4, -0.2) is 0 Å². The van der Waals surface area contributed by atoms with Crippen molar-refractivity contribution in [1.82, 2.24) is 0 Å². The third kappa shape index (κ3) is 2.18. The molecular weight excluding hydrogens is 296 g/mol. The summed E-state index contributed by atoms with van der Waals surface area (Å²) in [6, 6.07) is 24.6. The van der Waals surface area contributed by atoms with Crippen LogP contribution < -0.4 is 4.57 Å². The number of azide groups is 1. The van der Waals surface area contributed by atoms with Crippen molar-refractivity contribution in [3.63, 3.8) is 0 Å². The number of benzene rings is 3. The Hall–Kier alpha value is -3.36. The maximum Gasteiger partial charge on any atom is 0.213 e. The number of hydrogen-bond donors (Lipinski definition) is 0. The minimum atomic E-state index is 0.622. The van der Waals surface area contributed by atoms with E-state index in [4.69, 9.17) is 5.53 Å². The van der Waals surface area contributed by atoms with Crippen molar-refractivity contribution in [1.29, 1.82) is 0 Å². The molecule has 0 aliphatic rings. The highest BCUT2D eigenvalue weighted by Crippen LogP contribution is 2.34. The molecule has 24 heavy (non-hydrogen) atoms. The lowest BCUT2D eigenvalue weighted by Crippen LogP contribution is -2.30. The minimum Gasteiger partial charge on any atom is -0.194 e. The smallest absolute Gasteiger partial charge is 0.194 e. The molecule has 0 saturated carbocycles. The van der Waals surface area contributed by atoms with E-state index in [9.17, 15) is 0 Å². The molecule has 0 atom stereocenters. The Bertz CT molecular complexity index is 1050. The molecule has 0 aliphatic heterocycles. The van der Waals surface area contributed by atoms with E-state index in [1.165, 1.54) is 27.4 Å². The van der Waals surface area contributed by atoms with E-state index in [1.54, 1.807) is 0 Å². The third-order valence-electron chi connectivity index (χ3n) is 4.39. The molecule has 0 fully saturated rings. The van der Waals surface area contributed by atoms with Crippen LogP contribution in [0.1, 0.15) is 0 Å². The number of aromatic nitrogens is 1. The van der Waals surface area contributed by atoms with Gasteiger partial charge < -0.3 is 0 Å². The van der Waals surface area contributed by atoms with Gasteiger partial charge in [0.05, 0.1) is 10.8 Å². The molecule has 3 aromatic carbocycles. The highest BCUT2D eigenvalue weighted by Gasteiger charge is 2.17. The summed E-state index contributed by atoms with van der Waals surface area (Å²) >= 11 is 0. The first-order valence-electron chi connectivity index (χ1n) is 7.74. The van der Waals surface area contributed by atoms with Gasteiger partial charge in [-0.2, -0.15) is 4.57 Å². The Labute approximate surface area is 139 Å². The molecular formula is C20H15N4+. The van der Waals surface area contributed by atoms with Crippen LogP contribution in [-0.2, 0) is 7.05 Å². The van der Waals surface area contributed by atoms with Crippen molar-refractivity contribution >= 4 is 27.5 Å². The highest BCUT2D eigenvalue weighted by atomic mass is 15.1. The molecule has 0 aliphatic carbocycles. The molecule has 0 saturated heterocycles. The number of hydrogen-bond acceptors (Lipinski definition) is 1. The molecule has 1 aromatic heterocycles. The Kier molecular flexibility index (Phi) is 3.38. The number of aryl methyl sites for hydroxylation is 1. The number of pyridine rings is 1. The van der Waals surface area contributed by atoms with E-state index in [2.05, 4.69) is 70.2 Å². The average Bonchev–Trinajstić information content (AvgIpc) is 2.64. The van der Waals surface area contributed by atoms with Gasteiger partial charge in [-0.25, -0.2) is 0 Å². The predicted molar refractivity (Wildman–Crippen MR) is 96.9 cm³/mol. The summed E-state index contributed by atoms with van der Waals surface area (Å²) in [6.07, 6.45) is 0. The maximum atomic E-state index is 8.57. The first kappa shape index (κ1) is 14.2. The van der Waals surface area contributed by atoms with Crippen LogP contribution in [0, 0.1) is 0 Å². The Balaban J connectivity index is 2.12. The topological polar surface area (TPSA) is 52.6 Å². The van der Waals surface area contributed by atoms with Crippen LogP contribution in [0.4, 0.5) is 5.69 Å². The zero-order chi connectivity index (χ0) is 16.5. The van der Waals surface area contributed by atoms with E-state index in [-0.39, 0.29) is 0 Å². The van der Waals surface area contributed by atoms with Gasteiger partial charge in [-0.15, -0.1) is 0 Å². The largest absolute Gasteiger partial charge is 0.213 e. The molecule has 0 N–H and O–H groups in total. The maximum absolute atomic E-state index is 8.57. The Morgan fingerprint density at radius 1 is 0.792 bits per heavy atom. The van der Waals surface area contributed by atoms with Crippen molar-refractivity contribution in [2.24, 2.45) is 12.2 Å². The lowest BCUT2D eigenvalue weighted by molar-refractivity contribution is -0.617. The van der Waals surface area contributed by atoms with Crippen LogP contribution in [0.25, 0.3) is 43.4 Å². The van der Waals surface area contributed by atoms with Gasteiger partial charge in [0.15, 0.2) is 0 Å². The fourth-order valence-electron chi connectivity index (χ4n) is 3.29. The lowest BCUT2D eigenvalue weighted by atomic mass is 9.95. The van der Waals surface area contributed by atoms with E-state index >= 15 is 0 Å². The van der Waals surface area contributed by atoms with Crippen LogP contribution in [0.5, 0.6) is 0 Å². The van der Waals surface area contributed by atoms with Crippen molar-refractivity contribution < 1.29 is 4.57 Å². The fraction of sp³-hybridized carbons (Fsp3) is 0.0500. The van der Waals surface area contributed by atoms with Gasteiger partial charge in [0, 0.05) is 28.3 Å². The molecule has 4 heteroatoms. The molecule has 4 rings (SSSR count). The first-order valence-corrected chi connectivity index (χ1v) is 7.74. The molecule has 0 spiro atoms. The number of rotatable bonds is 2. The lowest BCUT2D eigenvalue weighted by Gasteiger charge is -2.10. The number of para-hydroxylation sites is 2. The number of nitrogens with zero attached hydrogens (tertiary/aromatic N) is 4. The standard InChI is InChI=1S/C20H15N4/c1-24-18-8-4-2-6-16(18)20(17-7-3-5-9-19(17)24)14-10-12-15(13-11-14)22-23-21/h2-13H,1H3/q+1. The van der Waals surface area contributed by atoms with E-state index in [1.807, 2.05) is 24.3 Å². The molecule has 0 unspecified atom stereocenters. The quantitative estimate of drug-likeness (QED) is 0.156. The van der Waals surface area contributed by atoms with Crippen LogP contribution in [0.3, 0.4) is 0 Å². The Morgan fingerprint density at radius 2 is 1.33 bits per heavy atom. The van der Waals surface area contributed by atoms with Gasteiger partial charge in [0.1, 0.15) is 7.05 Å². The van der Waals surface area contributed by atoms with Crippen molar-refractivity contribution in [3.05, 3.63) is 83.2 Å². The normalized spacial score (nSPS) is 10.7. The second-order valence-electron chi connectivity index (χ2n) is 5.70. The monoisotopic (exact) mass is 311 g/mol. The number of fused-ring (bicyclic) bond motifs is 2. The Morgan fingerprint density at radius 3 is 1.88 bits per heavy atom. The second kappa shape index (κ2) is 5.69. The van der Waals surface area contributed by atoms with Gasteiger partial charge in [-0.1, -0.05) is 53.6 Å². The third-order valence-corrected chi connectivity index (χ3v) is 4.39. The van der Waals surface area contributed by atoms with Crippen molar-refractivity contribution in [2.75, 3.05) is 0 Å². The summed E-state index contributed by atoms with van der Waals surface area (Å²) in [5.74, 6) is 0. The summed E-state index contributed by atoms with van der Waals surface area (Å²) in [6.45, 7) is 0. The predicted octanol–water partition coefficient (Wildman–Crippen LogP) is 5.43. The molecule has 0 radical (unpaired) electrons. The molecule has 1 heterocycles. The van der Waals surface area contributed by atoms with Crippen LogP contribution in [0.15, 0.2) is 77.9 Å². The average molecular weight is 311 g/mol. The van der Waals surface area contributed by atoms with Crippen molar-refractivity contribution in [2.45, 2.75) is 0 Å². The van der Waals surface area contributed by atoms with E-state index in [0.717, 1.165) is 5.56 Å². The molecule has 0 bridgehead atoms. The van der Waals surface area contributed by atoms with E-state index < -0.39 is 0 Å². The van der Waals surface area contributed by atoms with Gasteiger partial charge >= 0.3 is 0 Å². The van der Waals surface area contributed by atoms with Gasteiger partial charge in [-0.3, -0.25) is 0 Å². The van der Waals surface area contributed by atoms with Crippen LogP contribution in [0.2, 0.25) is 0 Å². The van der Waals surface area contributed by atoms with Crippen molar-refractivity contribution in [3.8, 4) is 11.1 Å². The second-order valence-corrected chi connectivity index (χ2v) is 5.70. The summed E-state index contributed by atoms with van der Waals surface area (Å²) in [4.78, 5) is 2.84. The van der Waals surface area contributed by atoms with Gasteiger partial charge in [0.2, 0.25) is 11.0 Å². The first-order chi connectivity index (χ1) is 11.8. The highest BCUT2D eigenvalue weighted by molar-refractivity contribution is 6.07. The summed E-state index contributed by atoms with van der Waals surface area (Å²) in [5.41, 5.74) is 13.9. The molecule has 4 aromatic rings. The van der Waals surface area contributed by atoms with Gasteiger partial charge in [-0.05, 0) is 23.2 Å². The summed E-state index contributed by atoms with van der Waals surface area (Å²) < 4.78 is 2.22. The fourth-order valence-corrected chi connectivity index (χ4v) is 3.29. The zero-order valence-corrected chi connectivity index (χ0v) is 13.2. The van der Waals surface area contributed by atoms with Gasteiger partial charge in [0.25, 0.3) is 0 Å². The summed E-state index contributed by atoms with van der Waals surface area (Å²) in [7, 11) is 2.10. The minimum absolute atomic E-state index is 0.622. The molecule has 0 amide bonds. The SMILES string of the molecule is C[n+]1c2ccccc2c(-c2ccc(N=[N+]=[N-])cc2)c2ccccc21. The molecule has 4 nitrogen and oxygen atoms in total. The molecule has 114 valence electrons.